The molecule has 0 bridgehead atoms. The Hall–Kier alpha value is -2.05. The van der Waals surface area contributed by atoms with Crippen molar-refractivity contribution in [2.75, 3.05) is 6.54 Å². The molecule has 0 saturated heterocycles. The molecule has 3 atom stereocenters. The van der Waals surface area contributed by atoms with Crippen molar-refractivity contribution in [1.29, 1.82) is 0 Å². The lowest BCUT2D eigenvalue weighted by Crippen LogP contribution is -2.64. The van der Waals surface area contributed by atoms with E-state index >= 15 is 0 Å². The Morgan fingerprint density at radius 2 is 1.93 bits per heavy atom. The Labute approximate surface area is 162 Å². The van der Waals surface area contributed by atoms with Crippen LogP contribution in [0.5, 0.6) is 0 Å². The number of allylic oxidation sites excluding steroid dienone is 1. The van der Waals surface area contributed by atoms with Gasteiger partial charge in [-0.3, -0.25) is 9.59 Å². The molecule has 0 aromatic rings. The fourth-order valence-corrected chi connectivity index (χ4v) is 3.48. The summed E-state index contributed by atoms with van der Waals surface area (Å²) in [5.41, 5.74) is -1.68. The number of amides is 3. The number of ether oxygens (including phenoxy) is 1. The molecule has 1 rings (SSSR count). The predicted molar refractivity (Wildman–Crippen MR) is 105 cm³/mol. The van der Waals surface area contributed by atoms with Gasteiger partial charge in [0.25, 0.3) is 0 Å². The van der Waals surface area contributed by atoms with Crippen molar-refractivity contribution in [1.82, 2.24) is 16.0 Å². The zero-order valence-corrected chi connectivity index (χ0v) is 17.3. The Morgan fingerprint density at radius 1 is 1.26 bits per heavy atom. The molecule has 7 nitrogen and oxygen atoms in total. The van der Waals surface area contributed by atoms with Gasteiger partial charge in [-0.1, -0.05) is 19.4 Å². The maximum absolute atomic E-state index is 12.9. The molecule has 1 fully saturated rings. The third-order valence-corrected chi connectivity index (χ3v) is 4.51. The second-order valence-electron chi connectivity index (χ2n) is 8.36. The molecule has 7 heteroatoms. The molecule has 1 saturated carbocycles. The zero-order chi connectivity index (χ0) is 20.7. The summed E-state index contributed by atoms with van der Waals surface area (Å²) in [6, 6.07) is -0.305. The first-order valence-corrected chi connectivity index (χ1v) is 9.70. The van der Waals surface area contributed by atoms with E-state index < -0.39 is 17.2 Å². The van der Waals surface area contributed by atoms with Crippen molar-refractivity contribution in [2.24, 2.45) is 5.92 Å². The summed E-state index contributed by atoms with van der Waals surface area (Å²) in [5.74, 6) is -0.502. The zero-order valence-electron chi connectivity index (χ0n) is 17.3. The van der Waals surface area contributed by atoms with Crippen molar-refractivity contribution in [3.8, 4) is 0 Å². The van der Waals surface area contributed by atoms with E-state index in [1.807, 2.05) is 6.92 Å². The van der Waals surface area contributed by atoms with Crippen molar-refractivity contribution in [2.45, 2.75) is 83.9 Å². The van der Waals surface area contributed by atoms with Crippen molar-refractivity contribution in [3.05, 3.63) is 12.7 Å². The lowest BCUT2D eigenvalue weighted by atomic mass is 9.72. The molecule has 1 aliphatic rings. The summed E-state index contributed by atoms with van der Waals surface area (Å²) >= 11 is 0. The first-order chi connectivity index (χ1) is 12.5. The summed E-state index contributed by atoms with van der Waals surface area (Å²) in [7, 11) is 0. The Balaban J connectivity index is 2.98. The molecular weight excluding hydrogens is 346 g/mol. The van der Waals surface area contributed by atoms with E-state index in [0.717, 1.165) is 12.8 Å². The molecule has 0 aromatic carbocycles. The van der Waals surface area contributed by atoms with E-state index in [1.54, 1.807) is 26.8 Å². The number of hydrogen-bond acceptors (Lipinski definition) is 4. The first-order valence-electron chi connectivity index (χ1n) is 9.70. The van der Waals surface area contributed by atoms with Gasteiger partial charge in [-0.05, 0) is 52.4 Å². The van der Waals surface area contributed by atoms with Gasteiger partial charge in [0.2, 0.25) is 11.8 Å². The molecule has 0 spiro atoms. The Kier molecular flexibility index (Phi) is 8.31. The number of alkyl carbamates (subject to hydrolysis) is 1. The fraction of sp³-hybridized carbons (Fsp3) is 0.750. The smallest absolute Gasteiger partial charge is 0.407 e. The van der Waals surface area contributed by atoms with Gasteiger partial charge < -0.3 is 20.7 Å². The fourth-order valence-electron chi connectivity index (χ4n) is 3.48. The monoisotopic (exact) mass is 381 g/mol. The molecule has 154 valence electrons. The Bertz CT molecular complexity index is 556. The van der Waals surface area contributed by atoms with Crippen LogP contribution in [0.15, 0.2) is 12.7 Å². The lowest BCUT2D eigenvalue weighted by Gasteiger charge is -2.43. The molecule has 27 heavy (non-hydrogen) atoms. The van der Waals surface area contributed by atoms with E-state index in [0.29, 0.717) is 25.8 Å². The lowest BCUT2D eigenvalue weighted by molar-refractivity contribution is -0.135. The van der Waals surface area contributed by atoms with Crippen LogP contribution >= 0.6 is 0 Å². The minimum atomic E-state index is -1.07. The first kappa shape index (κ1) is 23.0. The largest absolute Gasteiger partial charge is 0.444 e. The van der Waals surface area contributed by atoms with Crippen LogP contribution < -0.4 is 16.0 Å². The van der Waals surface area contributed by atoms with Gasteiger partial charge in [-0.2, -0.15) is 0 Å². The summed E-state index contributed by atoms with van der Waals surface area (Å²) in [5, 5.41) is 8.62. The van der Waals surface area contributed by atoms with E-state index in [1.165, 1.54) is 6.92 Å². The van der Waals surface area contributed by atoms with Gasteiger partial charge >= 0.3 is 6.09 Å². The minimum absolute atomic E-state index is 0.0116. The Morgan fingerprint density at radius 3 is 2.44 bits per heavy atom. The van der Waals surface area contributed by atoms with Gasteiger partial charge in [0.1, 0.15) is 11.1 Å². The van der Waals surface area contributed by atoms with Crippen molar-refractivity contribution < 1.29 is 19.1 Å². The minimum Gasteiger partial charge on any atom is -0.444 e. The topological polar surface area (TPSA) is 96.5 Å². The molecule has 3 unspecified atom stereocenters. The van der Waals surface area contributed by atoms with E-state index in [9.17, 15) is 14.4 Å². The van der Waals surface area contributed by atoms with Gasteiger partial charge in [0.05, 0.1) is 0 Å². The maximum atomic E-state index is 12.9. The SMILES string of the molecule is C=CC1CC(NC(=O)OC(C)(C)C)CC(NC(C)=O)(C(=O)NCCCC)C1. The van der Waals surface area contributed by atoms with Crippen LogP contribution in [-0.2, 0) is 14.3 Å². The van der Waals surface area contributed by atoms with Crippen molar-refractivity contribution >= 4 is 17.9 Å². The highest BCUT2D eigenvalue weighted by atomic mass is 16.6. The molecule has 3 N–H and O–H groups in total. The maximum Gasteiger partial charge on any atom is 0.407 e. The average Bonchev–Trinajstić information content (AvgIpc) is 2.51. The van der Waals surface area contributed by atoms with E-state index in [4.69, 9.17) is 4.74 Å². The van der Waals surface area contributed by atoms with Crippen LogP contribution in [0, 0.1) is 5.92 Å². The van der Waals surface area contributed by atoms with Crippen LogP contribution in [0.25, 0.3) is 0 Å². The molecule has 0 radical (unpaired) electrons. The summed E-state index contributed by atoms with van der Waals surface area (Å²) in [6.45, 7) is 13.2. The highest BCUT2D eigenvalue weighted by molar-refractivity contribution is 5.91. The second kappa shape index (κ2) is 9.76. The number of carbonyl (C=O) groups excluding carboxylic acids is 3. The third-order valence-electron chi connectivity index (χ3n) is 4.51. The molecule has 0 aromatic heterocycles. The van der Waals surface area contributed by atoms with Crippen LogP contribution in [-0.4, -0.2) is 41.6 Å². The van der Waals surface area contributed by atoms with Gasteiger partial charge in [-0.25, -0.2) is 4.79 Å². The molecule has 1 aliphatic carbocycles. The van der Waals surface area contributed by atoms with Gasteiger partial charge in [0.15, 0.2) is 0 Å². The standard InChI is InChI=1S/C20H35N3O4/c1-7-9-10-21-17(25)20(23-14(3)24)12-15(8-2)11-16(13-20)22-18(26)27-19(4,5)6/h8,15-16H,2,7,9-13H2,1,3-6H3,(H,21,25)(H,22,26)(H,23,24). The summed E-state index contributed by atoms with van der Waals surface area (Å²) in [6.07, 6.45) is 4.50. The van der Waals surface area contributed by atoms with E-state index in [2.05, 4.69) is 22.5 Å². The highest BCUT2D eigenvalue weighted by Gasteiger charge is 2.46. The predicted octanol–water partition coefficient (Wildman–Crippen LogP) is 2.66. The van der Waals surface area contributed by atoms with E-state index in [-0.39, 0.29) is 23.8 Å². The summed E-state index contributed by atoms with van der Waals surface area (Å²) in [4.78, 5) is 37.0. The van der Waals surface area contributed by atoms with Crippen LogP contribution in [0.1, 0.15) is 66.7 Å². The highest BCUT2D eigenvalue weighted by Crippen LogP contribution is 2.34. The number of carbonyl (C=O) groups is 3. The molecule has 0 heterocycles. The van der Waals surface area contributed by atoms with Crippen LogP contribution in [0.2, 0.25) is 0 Å². The quantitative estimate of drug-likeness (QED) is 0.466. The molecular formula is C20H35N3O4. The van der Waals surface area contributed by atoms with Crippen molar-refractivity contribution in [3.63, 3.8) is 0 Å². The van der Waals surface area contributed by atoms with Gasteiger partial charge in [-0.15, -0.1) is 6.58 Å². The number of hydrogen-bond donors (Lipinski definition) is 3. The average molecular weight is 382 g/mol. The van der Waals surface area contributed by atoms with Gasteiger partial charge in [0, 0.05) is 19.5 Å². The number of rotatable bonds is 7. The normalized spacial score (nSPS) is 25.2. The molecule has 3 amide bonds. The van der Waals surface area contributed by atoms with Crippen LogP contribution in [0.4, 0.5) is 4.79 Å². The number of nitrogens with one attached hydrogen (secondary N) is 3. The third kappa shape index (κ3) is 7.61. The summed E-state index contributed by atoms with van der Waals surface area (Å²) < 4.78 is 5.33. The molecule has 0 aliphatic heterocycles. The van der Waals surface area contributed by atoms with Crippen LogP contribution in [0.3, 0.4) is 0 Å². The number of unbranched alkanes of at least 4 members (excludes halogenated alkanes) is 1. The second-order valence-corrected chi connectivity index (χ2v) is 8.36.